The van der Waals surface area contributed by atoms with Crippen molar-refractivity contribution in [3.8, 4) is 0 Å². The largest absolute Gasteiger partial charge is 0.395 e. The van der Waals surface area contributed by atoms with Gasteiger partial charge in [-0.05, 0) is 12.3 Å². The van der Waals surface area contributed by atoms with Crippen LogP contribution in [0.25, 0.3) is 0 Å². The van der Waals surface area contributed by atoms with Crippen LogP contribution in [0.3, 0.4) is 0 Å². The van der Waals surface area contributed by atoms with E-state index in [9.17, 15) is 15.0 Å². The number of aliphatic hydroxyl groups excluding tert-OH is 3. The van der Waals surface area contributed by atoms with Crippen LogP contribution in [0.2, 0.25) is 0 Å². The molecule has 0 bridgehead atoms. The third kappa shape index (κ3) is 4.46. The van der Waals surface area contributed by atoms with Crippen molar-refractivity contribution >= 4 is 17.7 Å². The molecule has 0 saturated carbocycles. The standard InChI is InChI=1S/C11H21NO4S/c1-6(2)3-10(15)12-7-4-8(14)9(5-13)17-11(7)16/h6-9,11,13-14,16H,3-5H2,1-2H3,(H,12,15). The highest BCUT2D eigenvalue weighted by Crippen LogP contribution is 2.30. The Bertz CT molecular complexity index is 262. The van der Waals surface area contributed by atoms with Crippen LogP contribution >= 0.6 is 11.8 Å². The molecule has 1 saturated heterocycles. The molecule has 6 heteroatoms. The maximum absolute atomic E-state index is 11.6. The molecule has 1 rings (SSSR count). The Labute approximate surface area is 106 Å². The summed E-state index contributed by atoms with van der Waals surface area (Å²) in [5.74, 6) is 0.151. The molecule has 0 aromatic rings. The van der Waals surface area contributed by atoms with Crippen LogP contribution in [0.4, 0.5) is 0 Å². The van der Waals surface area contributed by atoms with Crippen LogP contribution in [0, 0.1) is 5.92 Å². The summed E-state index contributed by atoms with van der Waals surface area (Å²) in [7, 11) is 0. The van der Waals surface area contributed by atoms with Crippen LogP contribution < -0.4 is 5.32 Å². The summed E-state index contributed by atoms with van der Waals surface area (Å²) in [5.41, 5.74) is -0.772. The van der Waals surface area contributed by atoms with E-state index in [0.717, 1.165) is 11.8 Å². The maximum Gasteiger partial charge on any atom is 0.220 e. The van der Waals surface area contributed by atoms with Gasteiger partial charge in [-0.1, -0.05) is 13.8 Å². The van der Waals surface area contributed by atoms with Gasteiger partial charge in [-0.25, -0.2) is 0 Å². The summed E-state index contributed by atoms with van der Waals surface area (Å²) in [6.07, 6.45) is -0.00542. The van der Waals surface area contributed by atoms with Gasteiger partial charge < -0.3 is 20.6 Å². The molecule has 0 aliphatic carbocycles. The fourth-order valence-corrected chi connectivity index (χ4v) is 2.93. The van der Waals surface area contributed by atoms with Gasteiger partial charge in [0.1, 0.15) is 5.44 Å². The molecule has 4 unspecified atom stereocenters. The first-order valence-electron chi connectivity index (χ1n) is 5.85. The number of amides is 1. The fraction of sp³-hybridized carbons (Fsp3) is 0.909. The van der Waals surface area contributed by atoms with E-state index in [-0.39, 0.29) is 30.1 Å². The molecular weight excluding hydrogens is 242 g/mol. The summed E-state index contributed by atoms with van der Waals surface area (Å²) < 4.78 is 0. The Balaban J connectivity index is 2.47. The number of nitrogens with one attached hydrogen (secondary N) is 1. The quantitative estimate of drug-likeness (QED) is 0.559. The SMILES string of the molecule is CC(C)CC(=O)NC1CC(O)C(CO)SC1O. The lowest BCUT2D eigenvalue weighted by molar-refractivity contribution is -0.123. The predicted molar refractivity (Wildman–Crippen MR) is 66.5 cm³/mol. The highest BCUT2D eigenvalue weighted by Gasteiger charge is 2.36. The number of carbonyl (C=O) groups excluding carboxylic acids is 1. The van der Waals surface area contributed by atoms with E-state index in [1.165, 1.54) is 0 Å². The second kappa shape index (κ2) is 6.58. The van der Waals surface area contributed by atoms with E-state index in [0.29, 0.717) is 6.42 Å². The minimum atomic E-state index is -0.772. The monoisotopic (exact) mass is 263 g/mol. The lowest BCUT2D eigenvalue weighted by atomic mass is 10.0. The van der Waals surface area contributed by atoms with Crippen LogP contribution in [0.1, 0.15) is 26.7 Å². The maximum atomic E-state index is 11.6. The summed E-state index contributed by atoms with van der Waals surface area (Å²) >= 11 is 1.10. The van der Waals surface area contributed by atoms with Crippen molar-refractivity contribution < 1.29 is 20.1 Å². The molecule has 1 aliphatic heterocycles. The molecule has 4 N–H and O–H groups in total. The number of carbonyl (C=O) groups is 1. The molecule has 0 aromatic carbocycles. The molecule has 0 radical (unpaired) electrons. The minimum Gasteiger partial charge on any atom is -0.395 e. The van der Waals surface area contributed by atoms with E-state index in [2.05, 4.69) is 5.32 Å². The first-order valence-corrected chi connectivity index (χ1v) is 6.80. The molecule has 1 heterocycles. The van der Waals surface area contributed by atoms with Crippen LogP contribution in [0.5, 0.6) is 0 Å². The number of hydrogen-bond acceptors (Lipinski definition) is 5. The van der Waals surface area contributed by atoms with Crippen LogP contribution in [0.15, 0.2) is 0 Å². The normalized spacial score (nSPS) is 33.8. The minimum absolute atomic E-state index is 0.112. The van der Waals surface area contributed by atoms with Gasteiger partial charge in [0.2, 0.25) is 5.91 Å². The number of rotatable bonds is 4. The Kier molecular flexibility index (Phi) is 5.72. The highest BCUT2D eigenvalue weighted by atomic mass is 32.2. The second-order valence-corrected chi connectivity index (χ2v) is 6.18. The number of thioether (sulfide) groups is 1. The molecule has 0 spiro atoms. The van der Waals surface area contributed by atoms with Crippen molar-refractivity contribution in [2.45, 2.75) is 49.5 Å². The smallest absolute Gasteiger partial charge is 0.220 e. The van der Waals surface area contributed by atoms with Crippen molar-refractivity contribution in [1.82, 2.24) is 5.32 Å². The molecule has 1 amide bonds. The van der Waals surface area contributed by atoms with E-state index in [4.69, 9.17) is 5.11 Å². The molecular formula is C11H21NO4S. The van der Waals surface area contributed by atoms with Crippen LogP contribution in [-0.4, -0.2) is 50.7 Å². The average molecular weight is 263 g/mol. The zero-order valence-corrected chi connectivity index (χ0v) is 11.0. The molecule has 0 aromatic heterocycles. The number of aliphatic hydroxyl groups is 3. The topological polar surface area (TPSA) is 89.8 Å². The summed E-state index contributed by atoms with van der Waals surface area (Å²) in [6.45, 7) is 3.72. The van der Waals surface area contributed by atoms with Gasteiger partial charge in [0.05, 0.1) is 24.0 Å². The zero-order chi connectivity index (χ0) is 13.0. The molecule has 4 atom stereocenters. The van der Waals surface area contributed by atoms with Crippen molar-refractivity contribution in [2.75, 3.05) is 6.61 Å². The first kappa shape index (κ1) is 14.8. The lowest BCUT2D eigenvalue weighted by Gasteiger charge is -2.35. The van der Waals surface area contributed by atoms with Gasteiger partial charge in [0.15, 0.2) is 0 Å². The molecule has 17 heavy (non-hydrogen) atoms. The Morgan fingerprint density at radius 3 is 2.65 bits per heavy atom. The van der Waals surface area contributed by atoms with Crippen molar-refractivity contribution in [3.63, 3.8) is 0 Å². The Hall–Kier alpha value is -0.300. The fourth-order valence-electron chi connectivity index (χ4n) is 1.82. The molecule has 1 aliphatic rings. The van der Waals surface area contributed by atoms with E-state index < -0.39 is 17.6 Å². The van der Waals surface area contributed by atoms with Crippen molar-refractivity contribution in [2.24, 2.45) is 5.92 Å². The molecule has 100 valence electrons. The predicted octanol–water partition coefficient (Wildman–Crippen LogP) is -0.306. The molecule has 5 nitrogen and oxygen atoms in total. The van der Waals surface area contributed by atoms with E-state index in [1.54, 1.807) is 0 Å². The van der Waals surface area contributed by atoms with Crippen molar-refractivity contribution in [3.05, 3.63) is 0 Å². The summed E-state index contributed by atoms with van der Waals surface area (Å²) in [5, 5.41) is 30.8. The molecule has 1 fully saturated rings. The van der Waals surface area contributed by atoms with Gasteiger partial charge >= 0.3 is 0 Å². The third-order valence-electron chi connectivity index (χ3n) is 2.70. The lowest BCUT2D eigenvalue weighted by Crippen LogP contribution is -2.51. The summed E-state index contributed by atoms with van der Waals surface area (Å²) in [4.78, 5) is 11.6. The first-order chi connectivity index (χ1) is 7.93. The zero-order valence-electron chi connectivity index (χ0n) is 10.2. The van der Waals surface area contributed by atoms with Gasteiger partial charge in [-0.15, -0.1) is 11.8 Å². The van der Waals surface area contributed by atoms with Gasteiger partial charge in [0.25, 0.3) is 0 Å². The van der Waals surface area contributed by atoms with Crippen molar-refractivity contribution in [1.29, 1.82) is 0 Å². The number of hydrogen-bond donors (Lipinski definition) is 4. The van der Waals surface area contributed by atoms with Crippen LogP contribution in [-0.2, 0) is 4.79 Å². The van der Waals surface area contributed by atoms with E-state index in [1.807, 2.05) is 13.8 Å². The average Bonchev–Trinajstić information content (AvgIpc) is 2.21. The highest BCUT2D eigenvalue weighted by molar-refractivity contribution is 8.00. The summed E-state index contributed by atoms with van der Waals surface area (Å²) in [6, 6.07) is -0.441. The van der Waals surface area contributed by atoms with Gasteiger partial charge in [0, 0.05) is 6.42 Å². The van der Waals surface area contributed by atoms with E-state index >= 15 is 0 Å². The second-order valence-electron chi connectivity index (χ2n) is 4.82. The van der Waals surface area contributed by atoms with Gasteiger partial charge in [-0.3, -0.25) is 4.79 Å². The Morgan fingerprint density at radius 1 is 1.47 bits per heavy atom. The van der Waals surface area contributed by atoms with Gasteiger partial charge in [-0.2, -0.15) is 0 Å². The third-order valence-corrected chi connectivity index (χ3v) is 4.12. The Morgan fingerprint density at radius 2 is 2.12 bits per heavy atom.